The molecule has 2 aromatic carbocycles. The third kappa shape index (κ3) is 3.06. The summed E-state index contributed by atoms with van der Waals surface area (Å²) in [7, 11) is 0. The molecule has 3 rings (SSSR count). The summed E-state index contributed by atoms with van der Waals surface area (Å²) in [5.74, 6) is 0. The van der Waals surface area contributed by atoms with Crippen LogP contribution in [0.2, 0.25) is 10.2 Å². The van der Waals surface area contributed by atoms with Crippen LogP contribution in [0.5, 0.6) is 0 Å². The van der Waals surface area contributed by atoms with Crippen LogP contribution < -0.4 is 0 Å². The molecule has 0 aliphatic rings. The van der Waals surface area contributed by atoms with Crippen LogP contribution in [0.3, 0.4) is 0 Å². The minimum atomic E-state index is 0.543. The Labute approximate surface area is 138 Å². The quantitative estimate of drug-likeness (QED) is 0.604. The summed E-state index contributed by atoms with van der Waals surface area (Å²) in [6.07, 6.45) is 1.73. The minimum absolute atomic E-state index is 0.543. The van der Waals surface area contributed by atoms with Gasteiger partial charge in [-0.25, -0.2) is 4.68 Å². The van der Waals surface area contributed by atoms with Gasteiger partial charge in [-0.05, 0) is 43.3 Å². The Balaban J connectivity index is 1.95. The number of benzene rings is 2. The van der Waals surface area contributed by atoms with Crippen LogP contribution in [-0.2, 0) is 0 Å². The minimum Gasteiger partial charge on any atom is -0.256 e. The molecule has 1 aromatic heterocycles. The number of aryl methyl sites for hydroxylation is 1. The molecule has 0 saturated heterocycles. The molecule has 3 nitrogen and oxygen atoms in total. The van der Waals surface area contributed by atoms with E-state index < -0.39 is 0 Å². The van der Waals surface area contributed by atoms with Gasteiger partial charge >= 0.3 is 0 Å². The molecule has 110 valence electrons. The molecule has 0 spiro atoms. The lowest BCUT2D eigenvalue weighted by atomic mass is 10.3. The summed E-state index contributed by atoms with van der Waals surface area (Å²) in [4.78, 5) is 4.42. The molecular weight excluding hydrogens is 317 g/mol. The van der Waals surface area contributed by atoms with Crippen molar-refractivity contribution in [1.29, 1.82) is 0 Å². The molecule has 0 bridgehead atoms. The first kappa shape index (κ1) is 14.8. The van der Waals surface area contributed by atoms with E-state index in [1.54, 1.807) is 23.0 Å². The van der Waals surface area contributed by atoms with Crippen LogP contribution in [0.4, 0.5) is 5.69 Å². The number of rotatable bonds is 3. The standard InChI is InChI=1S/C17H13Cl2N3/c1-12-16(11-20-14-9-7-13(18)8-10-14)17(19)22(21-12)15-5-3-2-4-6-15/h2-11H,1H3. The van der Waals surface area contributed by atoms with E-state index >= 15 is 0 Å². The molecule has 0 unspecified atom stereocenters. The molecule has 0 saturated carbocycles. The third-order valence-electron chi connectivity index (χ3n) is 3.22. The second-order valence-corrected chi connectivity index (χ2v) is 5.57. The fraction of sp³-hybridized carbons (Fsp3) is 0.0588. The van der Waals surface area contributed by atoms with Gasteiger partial charge in [-0.1, -0.05) is 41.4 Å². The van der Waals surface area contributed by atoms with Crippen LogP contribution in [0.15, 0.2) is 59.6 Å². The normalized spacial score (nSPS) is 11.2. The maximum absolute atomic E-state index is 6.44. The first-order chi connectivity index (χ1) is 10.6. The highest BCUT2D eigenvalue weighted by atomic mass is 35.5. The van der Waals surface area contributed by atoms with Crippen molar-refractivity contribution in [2.24, 2.45) is 4.99 Å². The molecule has 3 aromatic rings. The Hall–Kier alpha value is -2.10. The van der Waals surface area contributed by atoms with Crippen molar-refractivity contribution < 1.29 is 0 Å². The van der Waals surface area contributed by atoms with Crippen molar-refractivity contribution in [1.82, 2.24) is 9.78 Å². The Morgan fingerprint density at radius 1 is 1.00 bits per heavy atom. The Kier molecular flexibility index (Phi) is 4.27. The van der Waals surface area contributed by atoms with Gasteiger partial charge in [0.1, 0.15) is 5.15 Å². The molecule has 0 aliphatic carbocycles. The van der Waals surface area contributed by atoms with Gasteiger partial charge in [0.15, 0.2) is 0 Å². The first-order valence-electron chi connectivity index (χ1n) is 6.75. The maximum atomic E-state index is 6.44. The smallest absolute Gasteiger partial charge is 0.141 e. The van der Waals surface area contributed by atoms with Crippen LogP contribution in [0.1, 0.15) is 11.3 Å². The number of aromatic nitrogens is 2. The molecule has 0 aliphatic heterocycles. The number of halogens is 2. The van der Waals surface area contributed by atoms with Gasteiger partial charge in [0.2, 0.25) is 0 Å². The molecule has 0 amide bonds. The van der Waals surface area contributed by atoms with E-state index in [2.05, 4.69) is 10.1 Å². The lowest BCUT2D eigenvalue weighted by Crippen LogP contribution is -1.95. The summed E-state index contributed by atoms with van der Waals surface area (Å²) in [5, 5.41) is 5.71. The summed E-state index contributed by atoms with van der Waals surface area (Å²) < 4.78 is 1.71. The molecule has 5 heteroatoms. The molecule has 22 heavy (non-hydrogen) atoms. The highest BCUT2D eigenvalue weighted by Gasteiger charge is 2.12. The molecule has 1 heterocycles. The van der Waals surface area contributed by atoms with E-state index in [9.17, 15) is 0 Å². The summed E-state index contributed by atoms with van der Waals surface area (Å²) >= 11 is 12.3. The van der Waals surface area contributed by atoms with Crippen LogP contribution in [0.25, 0.3) is 5.69 Å². The van der Waals surface area contributed by atoms with Gasteiger partial charge in [-0.15, -0.1) is 0 Å². The van der Waals surface area contributed by atoms with Crippen molar-refractivity contribution >= 4 is 35.1 Å². The predicted octanol–water partition coefficient (Wildman–Crippen LogP) is 5.24. The van der Waals surface area contributed by atoms with E-state index in [1.165, 1.54) is 0 Å². The zero-order valence-electron chi connectivity index (χ0n) is 11.9. The largest absolute Gasteiger partial charge is 0.256 e. The number of nitrogens with zero attached hydrogens (tertiary/aromatic N) is 3. The lowest BCUT2D eigenvalue weighted by molar-refractivity contribution is 0.863. The summed E-state index contributed by atoms with van der Waals surface area (Å²) in [5.41, 5.74) is 3.36. The zero-order chi connectivity index (χ0) is 15.5. The van der Waals surface area contributed by atoms with Crippen LogP contribution >= 0.6 is 23.2 Å². The number of hydrogen-bond donors (Lipinski definition) is 0. The fourth-order valence-corrected chi connectivity index (χ4v) is 2.51. The van der Waals surface area contributed by atoms with Crippen molar-refractivity contribution in [3.05, 3.63) is 76.0 Å². The second kappa shape index (κ2) is 6.34. The van der Waals surface area contributed by atoms with Gasteiger partial charge in [0, 0.05) is 11.2 Å². The van der Waals surface area contributed by atoms with Crippen LogP contribution in [0, 0.1) is 6.92 Å². The molecular formula is C17H13Cl2N3. The highest BCUT2D eigenvalue weighted by Crippen LogP contribution is 2.23. The number of aliphatic imine (C=N–C) groups is 1. The number of para-hydroxylation sites is 1. The van der Waals surface area contributed by atoms with Gasteiger partial charge in [0.05, 0.1) is 22.6 Å². The molecule has 0 N–H and O–H groups in total. The SMILES string of the molecule is Cc1nn(-c2ccccc2)c(Cl)c1C=Nc1ccc(Cl)cc1. The van der Waals surface area contributed by atoms with E-state index in [-0.39, 0.29) is 0 Å². The van der Waals surface area contributed by atoms with Gasteiger partial charge in [-0.2, -0.15) is 5.10 Å². The molecule has 0 fully saturated rings. The highest BCUT2D eigenvalue weighted by molar-refractivity contribution is 6.32. The monoisotopic (exact) mass is 329 g/mol. The summed E-state index contributed by atoms with van der Waals surface area (Å²) in [6.45, 7) is 1.91. The Morgan fingerprint density at radius 3 is 2.36 bits per heavy atom. The molecule has 0 atom stereocenters. The average Bonchev–Trinajstić information content (AvgIpc) is 2.82. The van der Waals surface area contributed by atoms with E-state index in [0.717, 1.165) is 22.6 Å². The Morgan fingerprint density at radius 2 is 1.68 bits per heavy atom. The molecule has 0 radical (unpaired) electrons. The second-order valence-electron chi connectivity index (χ2n) is 4.77. The van der Waals surface area contributed by atoms with E-state index in [0.29, 0.717) is 10.2 Å². The zero-order valence-corrected chi connectivity index (χ0v) is 13.4. The topological polar surface area (TPSA) is 30.2 Å². The van der Waals surface area contributed by atoms with Crippen LogP contribution in [-0.4, -0.2) is 16.0 Å². The lowest BCUT2D eigenvalue weighted by Gasteiger charge is -2.01. The van der Waals surface area contributed by atoms with Gasteiger partial charge < -0.3 is 0 Å². The first-order valence-corrected chi connectivity index (χ1v) is 7.51. The third-order valence-corrected chi connectivity index (χ3v) is 3.83. The summed E-state index contributed by atoms with van der Waals surface area (Å²) in [6, 6.07) is 17.1. The van der Waals surface area contributed by atoms with Crippen molar-refractivity contribution in [2.45, 2.75) is 6.92 Å². The van der Waals surface area contributed by atoms with Gasteiger partial charge in [0.25, 0.3) is 0 Å². The predicted molar refractivity (Wildman–Crippen MR) is 92.0 cm³/mol. The van der Waals surface area contributed by atoms with Gasteiger partial charge in [-0.3, -0.25) is 4.99 Å². The van der Waals surface area contributed by atoms with Crippen molar-refractivity contribution in [3.63, 3.8) is 0 Å². The average molecular weight is 330 g/mol. The maximum Gasteiger partial charge on any atom is 0.141 e. The fourth-order valence-electron chi connectivity index (χ4n) is 2.06. The van der Waals surface area contributed by atoms with E-state index in [4.69, 9.17) is 23.2 Å². The van der Waals surface area contributed by atoms with Crippen molar-refractivity contribution in [2.75, 3.05) is 0 Å². The van der Waals surface area contributed by atoms with E-state index in [1.807, 2.05) is 49.4 Å². The number of hydrogen-bond acceptors (Lipinski definition) is 2. The van der Waals surface area contributed by atoms with Crippen molar-refractivity contribution in [3.8, 4) is 5.69 Å². The Bertz CT molecular complexity index is 806.